The minimum Gasteiger partial charge on any atom is -0.351 e. The van der Waals surface area contributed by atoms with E-state index >= 15 is 0 Å². The number of nitrogens with zero attached hydrogens (tertiary/aromatic N) is 4. The molecule has 0 bridgehead atoms. The summed E-state index contributed by atoms with van der Waals surface area (Å²) in [6, 6.07) is 2.62. The van der Waals surface area contributed by atoms with Gasteiger partial charge in [-0.1, -0.05) is 12.8 Å². The van der Waals surface area contributed by atoms with E-state index in [0.29, 0.717) is 17.8 Å². The minimum absolute atomic E-state index is 0.0858. The van der Waals surface area contributed by atoms with E-state index in [1.165, 1.54) is 30.9 Å². The normalized spacial score (nSPS) is 27.5. The van der Waals surface area contributed by atoms with Crippen LogP contribution < -0.4 is 16.1 Å². The summed E-state index contributed by atoms with van der Waals surface area (Å²) in [5.41, 5.74) is -0.778. The Morgan fingerprint density at radius 2 is 1.82 bits per heavy atom. The van der Waals surface area contributed by atoms with Crippen molar-refractivity contribution in [1.29, 1.82) is 5.26 Å². The molecule has 0 radical (unpaired) electrons. The largest absolute Gasteiger partial charge is 0.351 e. The van der Waals surface area contributed by atoms with Gasteiger partial charge in [0.2, 0.25) is 0 Å². The SMILES string of the molecule is C[C@@H]1C[C@H]2CCCC[C@@H]2N1c1c(C#N)c(=O)n(C)c(=O)n1C. The average Bonchev–Trinajstić information content (AvgIpc) is 2.84. The van der Waals surface area contributed by atoms with E-state index in [2.05, 4.69) is 11.8 Å². The van der Waals surface area contributed by atoms with Crippen LogP contribution in [0.4, 0.5) is 5.82 Å². The number of hydrogen-bond donors (Lipinski definition) is 0. The highest BCUT2D eigenvalue weighted by molar-refractivity contribution is 5.56. The summed E-state index contributed by atoms with van der Waals surface area (Å²) >= 11 is 0. The van der Waals surface area contributed by atoms with E-state index in [-0.39, 0.29) is 17.3 Å². The van der Waals surface area contributed by atoms with Crippen molar-refractivity contribution in [2.45, 2.75) is 51.1 Å². The van der Waals surface area contributed by atoms with Gasteiger partial charge < -0.3 is 4.90 Å². The third-order valence-electron chi connectivity index (χ3n) is 5.34. The first-order chi connectivity index (χ1) is 10.5. The van der Waals surface area contributed by atoms with Gasteiger partial charge in [0, 0.05) is 26.2 Å². The first-order valence-corrected chi connectivity index (χ1v) is 7.95. The highest BCUT2D eigenvalue weighted by Crippen LogP contribution is 2.42. The summed E-state index contributed by atoms with van der Waals surface area (Å²) in [5.74, 6) is 1.12. The molecule has 1 aliphatic heterocycles. The minimum atomic E-state index is -0.493. The molecule has 0 spiro atoms. The topological polar surface area (TPSA) is 71.0 Å². The Balaban J connectivity index is 2.22. The summed E-state index contributed by atoms with van der Waals surface area (Å²) in [5, 5.41) is 9.48. The van der Waals surface area contributed by atoms with Crippen LogP contribution in [0.2, 0.25) is 0 Å². The van der Waals surface area contributed by atoms with Crippen LogP contribution in [0.25, 0.3) is 0 Å². The molecule has 3 atom stereocenters. The molecule has 0 N–H and O–H groups in total. The fourth-order valence-electron chi connectivity index (χ4n) is 4.31. The van der Waals surface area contributed by atoms with Gasteiger partial charge in [0.25, 0.3) is 5.56 Å². The van der Waals surface area contributed by atoms with Crippen molar-refractivity contribution in [2.75, 3.05) is 4.90 Å². The van der Waals surface area contributed by atoms with Gasteiger partial charge in [-0.3, -0.25) is 13.9 Å². The van der Waals surface area contributed by atoms with E-state index in [0.717, 1.165) is 17.4 Å². The second kappa shape index (κ2) is 5.31. The highest BCUT2D eigenvalue weighted by atomic mass is 16.2. The Morgan fingerprint density at radius 3 is 2.50 bits per heavy atom. The van der Waals surface area contributed by atoms with Crippen LogP contribution >= 0.6 is 0 Å². The first-order valence-electron chi connectivity index (χ1n) is 7.95. The number of rotatable bonds is 1. The first kappa shape index (κ1) is 14.9. The molecule has 1 aliphatic carbocycles. The number of aromatic nitrogens is 2. The van der Waals surface area contributed by atoms with Gasteiger partial charge >= 0.3 is 5.69 Å². The molecule has 3 rings (SSSR count). The summed E-state index contributed by atoms with van der Waals surface area (Å²) < 4.78 is 2.48. The Morgan fingerprint density at radius 1 is 1.14 bits per heavy atom. The van der Waals surface area contributed by atoms with Gasteiger partial charge in [0.1, 0.15) is 11.9 Å². The number of anilines is 1. The van der Waals surface area contributed by atoms with Gasteiger partial charge in [-0.05, 0) is 32.1 Å². The van der Waals surface area contributed by atoms with Gasteiger partial charge in [-0.25, -0.2) is 4.79 Å². The molecule has 1 saturated heterocycles. The zero-order chi connectivity index (χ0) is 16.0. The molecule has 22 heavy (non-hydrogen) atoms. The molecule has 6 heteroatoms. The number of nitriles is 1. The molecule has 118 valence electrons. The maximum absolute atomic E-state index is 12.3. The second-order valence-electron chi connectivity index (χ2n) is 6.62. The molecule has 1 aromatic heterocycles. The predicted octanol–water partition coefficient (Wildman–Crippen LogP) is 1.11. The van der Waals surface area contributed by atoms with Gasteiger partial charge in [-0.15, -0.1) is 0 Å². The maximum Gasteiger partial charge on any atom is 0.332 e. The van der Waals surface area contributed by atoms with E-state index in [1.54, 1.807) is 7.05 Å². The molecule has 1 aromatic rings. The standard InChI is InChI=1S/C16H22N4O2/c1-10-8-11-6-4-5-7-13(11)20(10)14-12(9-17)15(21)19(3)16(22)18(14)2/h10-11,13H,4-8H2,1-3H3/t10-,11-,13+/m1/s1. The molecule has 0 amide bonds. The summed E-state index contributed by atoms with van der Waals surface area (Å²) in [4.78, 5) is 26.8. The van der Waals surface area contributed by atoms with Crippen molar-refractivity contribution in [3.8, 4) is 6.07 Å². The maximum atomic E-state index is 12.3. The van der Waals surface area contributed by atoms with Crippen LogP contribution in [0.1, 0.15) is 44.6 Å². The van der Waals surface area contributed by atoms with Crippen LogP contribution in [0, 0.1) is 17.2 Å². The summed E-state index contributed by atoms with van der Waals surface area (Å²) in [6.45, 7) is 2.13. The third kappa shape index (κ3) is 1.99. The van der Waals surface area contributed by atoms with Crippen LogP contribution in [-0.4, -0.2) is 21.2 Å². The molecule has 2 aliphatic rings. The molecule has 0 aromatic carbocycles. The van der Waals surface area contributed by atoms with Crippen LogP contribution in [-0.2, 0) is 14.1 Å². The lowest BCUT2D eigenvalue weighted by Gasteiger charge is -2.36. The van der Waals surface area contributed by atoms with Crippen LogP contribution in [0.3, 0.4) is 0 Å². The van der Waals surface area contributed by atoms with E-state index in [9.17, 15) is 14.9 Å². The Kier molecular flexibility index (Phi) is 3.59. The van der Waals surface area contributed by atoms with E-state index < -0.39 is 5.56 Å². The lowest BCUT2D eigenvalue weighted by atomic mass is 9.85. The van der Waals surface area contributed by atoms with Crippen LogP contribution in [0.15, 0.2) is 9.59 Å². The number of hydrogen-bond acceptors (Lipinski definition) is 4. The summed E-state index contributed by atoms with van der Waals surface area (Å²) in [6.07, 6.45) is 5.77. The molecule has 6 nitrogen and oxygen atoms in total. The lowest BCUT2D eigenvalue weighted by molar-refractivity contribution is 0.340. The van der Waals surface area contributed by atoms with Crippen molar-refractivity contribution in [3.05, 3.63) is 26.4 Å². The predicted molar refractivity (Wildman–Crippen MR) is 83.9 cm³/mol. The Bertz CT molecular complexity index is 755. The van der Waals surface area contributed by atoms with Gasteiger partial charge in [-0.2, -0.15) is 5.26 Å². The fraction of sp³-hybridized carbons (Fsp3) is 0.688. The Labute approximate surface area is 129 Å². The number of fused-ring (bicyclic) bond motifs is 1. The molecule has 2 fully saturated rings. The van der Waals surface area contributed by atoms with Gasteiger partial charge in [0.05, 0.1) is 0 Å². The Hall–Kier alpha value is -2.03. The van der Waals surface area contributed by atoms with E-state index in [4.69, 9.17) is 0 Å². The van der Waals surface area contributed by atoms with Crippen molar-refractivity contribution >= 4 is 5.82 Å². The van der Waals surface area contributed by atoms with Crippen molar-refractivity contribution < 1.29 is 0 Å². The monoisotopic (exact) mass is 302 g/mol. The zero-order valence-corrected chi connectivity index (χ0v) is 13.4. The fourth-order valence-corrected chi connectivity index (χ4v) is 4.31. The quantitative estimate of drug-likeness (QED) is 0.779. The molecular formula is C16H22N4O2. The van der Waals surface area contributed by atoms with Crippen LogP contribution in [0.5, 0.6) is 0 Å². The summed E-state index contributed by atoms with van der Waals surface area (Å²) in [7, 11) is 3.08. The van der Waals surface area contributed by atoms with Crippen molar-refractivity contribution in [1.82, 2.24) is 9.13 Å². The lowest BCUT2D eigenvalue weighted by Crippen LogP contribution is -2.46. The van der Waals surface area contributed by atoms with Gasteiger partial charge in [0.15, 0.2) is 5.56 Å². The van der Waals surface area contributed by atoms with E-state index in [1.807, 2.05) is 6.07 Å². The molecular weight excluding hydrogens is 280 g/mol. The molecule has 1 saturated carbocycles. The second-order valence-corrected chi connectivity index (χ2v) is 6.62. The molecule has 2 heterocycles. The average molecular weight is 302 g/mol. The zero-order valence-electron chi connectivity index (χ0n) is 13.4. The molecule has 0 unspecified atom stereocenters. The van der Waals surface area contributed by atoms with Crippen molar-refractivity contribution in [3.63, 3.8) is 0 Å². The van der Waals surface area contributed by atoms with Crippen molar-refractivity contribution in [2.24, 2.45) is 20.0 Å². The smallest absolute Gasteiger partial charge is 0.332 e. The highest BCUT2D eigenvalue weighted by Gasteiger charge is 2.42. The third-order valence-corrected chi connectivity index (χ3v) is 5.34.